The maximum absolute atomic E-state index is 3.93. The molecule has 0 radical (unpaired) electrons. The predicted octanol–water partition coefficient (Wildman–Crippen LogP) is 1.99. The van der Waals surface area contributed by atoms with E-state index in [1.165, 1.54) is 15.3 Å². The van der Waals surface area contributed by atoms with Crippen molar-refractivity contribution in [2.24, 2.45) is 0 Å². The molecule has 0 amide bonds. The Kier molecular flexibility index (Phi) is 3.02. The highest BCUT2D eigenvalue weighted by Crippen LogP contribution is 2.16. The topological polar surface area (TPSA) is 43.6 Å². The second-order valence-electron chi connectivity index (χ2n) is 2.56. The van der Waals surface area contributed by atoms with Gasteiger partial charge in [0.15, 0.2) is 0 Å². The summed E-state index contributed by atoms with van der Waals surface area (Å²) in [4.78, 5) is 0. The van der Waals surface area contributed by atoms with E-state index in [1.54, 1.807) is 4.68 Å². The van der Waals surface area contributed by atoms with Crippen molar-refractivity contribution in [3.8, 4) is 5.69 Å². The molecule has 0 fully saturated rings. The molecule has 2 aromatic rings. The van der Waals surface area contributed by atoms with Gasteiger partial charge < -0.3 is 0 Å². The number of tetrazole rings is 1. The average molecular weight is 318 g/mol. The summed E-state index contributed by atoms with van der Waals surface area (Å²) in [5.74, 6) is 0. The van der Waals surface area contributed by atoms with Crippen molar-refractivity contribution in [2.75, 3.05) is 6.26 Å². The van der Waals surface area contributed by atoms with Crippen LogP contribution in [0.4, 0.5) is 0 Å². The molecule has 2 rings (SSSR count). The lowest BCUT2D eigenvalue weighted by molar-refractivity contribution is 0.756. The van der Waals surface area contributed by atoms with Gasteiger partial charge in [0.2, 0.25) is 5.16 Å². The molecule has 0 saturated carbocycles. The lowest BCUT2D eigenvalue weighted by atomic mass is 10.3. The van der Waals surface area contributed by atoms with Gasteiger partial charge in [0.25, 0.3) is 0 Å². The van der Waals surface area contributed by atoms with Gasteiger partial charge in [-0.05, 0) is 57.5 Å². The third-order valence-electron chi connectivity index (χ3n) is 1.68. The number of hydrogen-bond donors (Lipinski definition) is 0. The molecule has 0 spiro atoms. The maximum atomic E-state index is 3.93. The van der Waals surface area contributed by atoms with Crippen molar-refractivity contribution < 1.29 is 0 Å². The Hall–Kier alpha value is -0.630. The highest BCUT2D eigenvalue weighted by Gasteiger charge is 2.06. The minimum absolute atomic E-state index is 0.798. The fraction of sp³-hybridized carbons (Fsp3) is 0.125. The number of hydrogen-bond acceptors (Lipinski definition) is 4. The molecule has 72 valence electrons. The van der Waals surface area contributed by atoms with Crippen LogP contribution in [0.1, 0.15) is 0 Å². The van der Waals surface area contributed by atoms with Crippen LogP contribution < -0.4 is 0 Å². The third-order valence-corrected chi connectivity index (χ3v) is 2.97. The number of halogens is 1. The van der Waals surface area contributed by atoms with Crippen molar-refractivity contribution in [1.82, 2.24) is 20.2 Å². The van der Waals surface area contributed by atoms with Crippen molar-refractivity contribution in [3.63, 3.8) is 0 Å². The predicted molar refractivity (Wildman–Crippen MR) is 63.7 cm³/mol. The van der Waals surface area contributed by atoms with Crippen LogP contribution >= 0.6 is 34.4 Å². The Labute approximate surface area is 99.2 Å². The van der Waals surface area contributed by atoms with Crippen LogP contribution in [-0.4, -0.2) is 26.5 Å². The summed E-state index contributed by atoms with van der Waals surface area (Å²) in [6.45, 7) is 0. The number of benzene rings is 1. The van der Waals surface area contributed by atoms with Crippen molar-refractivity contribution in [3.05, 3.63) is 27.8 Å². The van der Waals surface area contributed by atoms with Crippen LogP contribution in [-0.2, 0) is 0 Å². The van der Waals surface area contributed by atoms with Gasteiger partial charge in [0.1, 0.15) is 0 Å². The second-order valence-corrected chi connectivity index (χ2v) is 4.58. The first-order valence-electron chi connectivity index (χ1n) is 3.89. The molecule has 0 bridgehead atoms. The summed E-state index contributed by atoms with van der Waals surface area (Å²) in [5, 5.41) is 12.3. The number of aromatic nitrogens is 4. The molecule has 0 N–H and O–H groups in total. The summed E-state index contributed by atoms with van der Waals surface area (Å²) in [5.41, 5.74) is 0.992. The quantitative estimate of drug-likeness (QED) is 0.627. The lowest BCUT2D eigenvalue weighted by Gasteiger charge is -2.01. The monoisotopic (exact) mass is 318 g/mol. The van der Waals surface area contributed by atoms with E-state index in [-0.39, 0.29) is 0 Å². The van der Waals surface area contributed by atoms with Crippen LogP contribution in [0.15, 0.2) is 29.4 Å². The van der Waals surface area contributed by atoms with Crippen LogP contribution in [0.3, 0.4) is 0 Å². The van der Waals surface area contributed by atoms with Gasteiger partial charge in [-0.2, -0.15) is 4.68 Å². The van der Waals surface area contributed by atoms with Gasteiger partial charge in [0, 0.05) is 3.57 Å². The summed E-state index contributed by atoms with van der Waals surface area (Å²) >= 11 is 3.79. The minimum Gasteiger partial charge on any atom is -0.187 e. The van der Waals surface area contributed by atoms with Gasteiger partial charge in [-0.25, -0.2) is 0 Å². The molecule has 1 aromatic carbocycles. The van der Waals surface area contributed by atoms with E-state index >= 15 is 0 Å². The molecular weight excluding hydrogens is 311 g/mol. The summed E-state index contributed by atoms with van der Waals surface area (Å²) < 4.78 is 2.90. The maximum Gasteiger partial charge on any atom is 0.213 e. The molecule has 0 aliphatic carbocycles. The summed E-state index contributed by atoms with van der Waals surface area (Å²) in [6.07, 6.45) is 1.95. The Bertz CT molecular complexity index is 442. The molecule has 6 heteroatoms. The van der Waals surface area contributed by atoms with E-state index in [9.17, 15) is 0 Å². The first-order chi connectivity index (χ1) is 6.81. The SMILES string of the molecule is CSc1nnnn1-c1cccc(I)c1. The van der Waals surface area contributed by atoms with E-state index in [0.717, 1.165) is 10.8 Å². The van der Waals surface area contributed by atoms with Crippen molar-refractivity contribution in [2.45, 2.75) is 5.16 Å². The summed E-state index contributed by atoms with van der Waals surface area (Å²) in [7, 11) is 0. The fourth-order valence-corrected chi connectivity index (χ4v) is 2.04. The Balaban J connectivity index is 2.49. The van der Waals surface area contributed by atoms with Gasteiger partial charge in [-0.15, -0.1) is 5.10 Å². The fourth-order valence-electron chi connectivity index (χ4n) is 1.08. The lowest BCUT2D eigenvalue weighted by Crippen LogP contribution is -1.98. The van der Waals surface area contributed by atoms with Crippen LogP contribution in [0.25, 0.3) is 5.69 Å². The van der Waals surface area contributed by atoms with Crippen LogP contribution in [0, 0.1) is 3.57 Å². The van der Waals surface area contributed by atoms with Crippen molar-refractivity contribution in [1.29, 1.82) is 0 Å². The smallest absolute Gasteiger partial charge is 0.187 e. The van der Waals surface area contributed by atoms with Gasteiger partial charge in [0.05, 0.1) is 5.69 Å². The standard InChI is InChI=1S/C8H7IN4S/c1-14-8-10-11-12-13(8)7-4-2-3-6(9)5-7/h2-5H,1H3. The van der Waals surface area contributed by atoms with Gasteiger partial charge >= 0.3 is 0 Å². The largest absolute Gasteiger partial charge is 0.213 e. The molecule has 1 aromatic heterocycles. The highest BCUT2D eigenvalue weighted by atomic mass is 127. The normalized spacial score (nSPS) is 10.4. The zero-order chi connectivity index (χ0) is 9.97. The Morgan fingerprint density at radius 1 is 1.43 bits per heavy atom. The summed E-state index contributed by atoms with van der Waals surface area (Å²) in [6, 6.07) is 8.05. The zero-order valence-corrected chi connectivity index (χ0v) is 10.4. The first kappa shape index (κ1) is 9.91. The minimum atomic E-state index is 0.798. The molecule has 0 unspecified atom stereocenters. The molecule has 4 nitrogen and oxygen atoms in total. The molecule has 0 aliphatic rings. The molecule has 1 heterocycles. The first-order valence-corrected chi connectivity index (χ1v) is 6.20. The number of thioether (sulfide) groups is 1. The van der Waals surface area contributed by atoms with E-state index in [2.05, 4.69) is 38.1 Å². The Morgan fingerprint density at radius 2 is 2.29 bits per heavy atom. The highest BCUT2D eigenvalue weighted by molar-refractivity contribution is 14.1. The van der Waals surface area contributed by atoms with E-state index < -0.39 is 0 Å². The molecule has 0 aliphatic heterocycles. The average Bonchev–Trinajstić information content (AvgIpc) is 2.65. The van der Waals surface area contributed by atoms with Crippen LogP contribution in [0.2, 0.25) is 0 Å². The van der Waals surface area contributed by atoms with Crippen LogP contribution in [0.5, 0.6) is 0 Å². The van der Waals surface area contributed by atoms with E-state index in [4.69, 9.17) is 0 Å². The van der Waals surface area contributed by atoms with E-state index in [0.29, 0.717) is 0 Å². The van der Waals surface area contributed by atoms with E-state index in [1.807, 2.05) is 30.5 Å². The number of rotatable bonds is 2. The number of nitrogens with zero attached hydrogens (tertiary/aromatic N) is 4. The molecule has 0 saturated heterocycles. The molecule has 14 heavy (non-hydrogen) atoms. The zero-order valence-electron chi connectivity index (χ0n) is 7.38. The van der Waals surface area contributed by atoms with Gasteiger partial charge in [-0.3, -0.25) is 0 Å². The van der Waals surface area contributed by atoms with Crippen molar-refractivity contribution >= 4 is 34.4 Å². The third kappa shape index (κ3) is 1.90. The second kappa shape index (κ2) is 4.26. The Morgan fingerprint density at radius 3 is 3.00 bits per heavy atom. The van der Waals surface area contributed by atoms with Gasteiger partial charge in [-0.1, -0.05) is 17.8 Å². The molecular formula is C8H7IN4S. The molecule has 0 atom stereocenters.